The molecule has 0 aliphatic carbocycles. The number of aromatic nitrogens is 2. The number of nitrogens with one attached hydrogen (secondary N) is 2. The summed E-state index contributed by atoms with van der Waals surface area (Å²) in [6, 6.07) is 3.21. The van der Waals surface area contributed by atoms with Crippen molar-refractivity contribution in [3.8, 4) is 0 Å². The van der Waals surface area contributed by atoms with Crippen LogP contribution in [0.2, 0.25) is 5.02 Å². The van der Waals surface area contributed by atoms with Crippen LogP contribution in [0.1, 0.15) is 13.8 Å². The molecule has 0 aliphatic rings. The molecule has 1 aromatic heterocycles. The highest BCUT2D eigenvalue weighted by Crippen LogP contribution is 2.29. The Morgan fingerprint density at radius 2 is 2.18 bits per heavy atom. The molecule has 2 rings (SSSR count). The number of rotatable bonds is 2. The summed E-state index contributed by atoms with van der Waals surface area (Å²) in [5, 5.41) is 5.86. The number of benzene rings is 1. The third-order valence-electron chi connectivity index (χ3n) is 2.04. The molecule has 1 heterocycles. The molecule has 0 unspecified atom stereocenters. The van der Waals surface area contributed by atoms with E-state index in [0.717, 1.165) is 17.2 Å². The van der Waals surface area contributed by atoms with Gasteiger partial charge in [-0.25, -0.2) is 4.79 Å². The molecular formula is C10H11ClN4OS. The highest BCUT2D eigenvalue weighted by Gasteiger charge is 2.12. The summed E-state index contributed by atoms with van der Waals surface area (Å²) in [6.07, 6.45) is 0. The second kappa shape index (κ2) is 4.85. The molecule has 0 bridgehead atoms. The number of halogens is 1. The van der Waals surface area contributed by atoms with Gasteiger partial charge in [0, 0.05) is 6.04 Å². The fourth-order valence-corrected chi connectivity index (χ4v) is 2.10. The summed E-state index contributed by atoms with van der Waals surface area (Å²) < 4.78 is 8.20. The van der Waals surface area contributed by atoms with Gasteiger partial charge in [0.2, 0.25) is 0 Å². The molecule has 2 amide bonds. The van der Waals surface area contributed by atoms with Crippen LogP contribution >= 0.6 is 23.3 Å². The van der Waals surface area contributed by atoms with Crippen LogP contribution in [0.5, 0.6) is 0 Å². The molecule has 0 spiro atoms. The SMILES string of the molecule is CC(C)NC(=O)Nc1c(Cl)ccc2nsnc12. The van der Waals surface area contributed by atoms with E-state index in [9.17, 15) is 4.79 Å². The molecule has 90 valence electrons. The summed E-state index contributed by atoms with van der Waals surface area (Å²) in [4.78, 5) is 11.6. The van der Waals surface area contributed by atoms with Gasteiger partial charge in [-0.1, -0.05) is 11.6 Å². The van der Waals surface area contributed by atoms with E-state index in [4.69, 9.17) is 11.6 Å². The fourth-order valence-electron chi connectivity index (χ4n) is 1.36. The first-order valence-electron chi connectivity index (χ1n) is 5.06. The lowest BCUT2D eigenvalue weighted by molar-refractivity contribution is 0.250. The Labute approximate surface area is 107 Å². The minimum absolute atomic E-state index is 0.0570. The summed E-state index contributed by atoms with van der Waals surface area (Å²) in [5.41, 5.74) is 1.83. The maximum Gasteiger partial charge on any atom is 0.319 e. The number of hydrogen-bond donors (Lipinski definition) is 2. The Morgan fingerprint density at radius 3 is 2.88 bits per heavy atom. The van der Waals surface area contributed by atoms with Gasteiger partial charge in [0.1, 0.15) is 11.0 Å². The largest absolute Gasteiger partial charge is 0.336 e. The summed E-state index contributed by atoms with van der Waals surface area (Å²) in [6.45, 7) is 3.76. The molecule has 7 heteroatoms. The van der Waals surface area contributed by atoms with Gasteiger partial charge in [-0.05, 0) is 26.0 Å². The highest BCUT2D eigenvalue weighted by atomic mass is 35.5. The van der Waals surface area contributed by atoms with Crippen LogP contribution < -0.4 is 10.6 Å². The van der Waals surface area contributed by atoms with Gasteiger partial charge in [0.15, 0.2) is 0 Å². The molecular weight excluding hydrogens is 260 g/mol. The first-order chi connectivity index (χ1) is 8.08. The van der Waals surface area contributed by atoms with Crippen LogP contribution in [0, 0.1) is 0 Å². The Kier molecular flexibility index (Phi) is 3.44. The van der Waals surface area contributed by atoms with Crippen molar-refractivity contribution in [2.24, 2.45) is 0 Å². The second-order valence-electron chi connectivity index (χ2n) is 3.81. The van der Waals surface area contributed by atoms with Gasteiger partial charge in [-0.2, -0.15) is 8.75 Å². The molecule has 0 atom stereocenters. The van der Waals surface area contributed by atoms with Crippen molar-refractivity contribution in [1.82, 2.24) is 14.1 Å². The second-order valence-corrected chi connectivity index (χ2v) is 4.74. The Morgan fingerprint density at radius 1 is 1.41 bits per heavy atom. The van der Waals surface area contributed by atoms with Gasteiger partial charge in [0.25, 0.3) is 0 Å². The molecule has 0 radical (unpaired) electrons. The molecule has 0 aliphatic heterocycles. The number of fused-ring (bicyclic) bond motifs is 1. The van der Waals surface area contributed by atoms with Gasteiger partial charge in [-0.3, -0.25) is 0 Å². The number of carbonyl (C=O) groups excluding carboxylic acids is 1. The first kappa shape index (κ1) is 12.1. The van der Waals surface area contributed by atoms with Crippen molar-refractivity contribution < 1.29 is 4.79 Å². The van der Waals surface area contributed by atoms with E-state index in [2.05, 4.69) is 19.4 Å². The number of urea groups is 1. The van der Waals surface area contributed by atoms with E-state index in [1.165, 1.54) is 0 Å². The average molecular weight is 271 g/mol. The number of amides is 2. The van der Waals surface area contributed by atoms with Crippen molar-refractivity contribution in [2.75, 3.05) is 5.32 Å². The molecule has 2 aromatic rings. The lowest BCUT2D eigenvalue weighted by Gasteiger charge is -2.11. The zero-order valence-electron chi connectivity index (χ0n) is 9.32. The zero-order chi connectivity index (χ0) is 12.4. The smallest absolute Gasteiger partial charge is 0.319 e. The molecule has 2 N–H and O–H groups in total. The first-order valence-corrected chi connectivity index (χ1v) is 6.17. The van der Waals surface area contributed by atoms with Crippen LogP contribution in [-0.2, 0) is 0 Å². The van der Waals surface area contributed by atoms with Crippen LogP contribution in [0.15, 0.2) is 12.1 Å². The normalized spacial score (nSPS) is 10.8. The van der Waals surface area contributed by atoms with Crippen molar-refractivity contribution in [3.63, 3.8) is 0 Å². The summed E-state index contributed by atoms with van der Waals surface area (Å²) >= 11 is 7.12. The monoisotopic (exact) mass is 270 g/mol. The quantitative estimate of drug-likeness (QED) is 0.882. The van der Waals surface area contributed by atoms with Gasteiger partial charge in [-0.15, -0.1) is 0 Å². The Balaban J connectivity index is 2.31. The number of carbonyl (C=O) groups is 1. The van der Waals surface area contributed by atoms with Crippen LogP contribution in [-0.4, -0.2) is 20.8 Å². The van der Waals surface area contributed by atoms with E-state index in [-0.39, 0.29) is 12.1 Å². The van der Waals surface area contributed by atoms with Crippen molar-refractivity contribution in [1.29, 1.82) is 0 Å². The molecule has 0 fully saturated rings. The maximum absolute atomic E-state index is 11.6. The number of hydrogen-bond acceptors (Lipinski definition) is 4. The lowest BCUT2D eigenvalue weighted by atomic mass is 10.2. The average Bonchev–Trinajstić information content (AvgIpc) is 2.69. The maximum atomic E-state index is 11.6. The Bertz CT molecular complexity index is 554. The highest BCUT2D eigenvalue weighted by molar-refractivity contribution is 7.00. The molecule has 5 nitrogen and oxygen atoms in total. The standard InChI is InChI=1S/C10H11ClN4OS/c1-5(2)12-10(16)13-8-6(11)3-4-7-9(8)15-17-14-7/h3-5H,1-2H3,(H2,12,13,16). The Hall–Kier alpha value is -1.40. The predicted octanol–water partition coefficient (Wildman–Crippen LogP) is 2.87. The summed E-state index contributed by atoms with van der Waals surface area (Å²) in [7, 11) is 0. The fraction of sp³-hybridized carbons (Fsp3) is 0.300. The van der Waals surface area contributed by atoms with E-state index >= 15 is 0 Å². The van der Waals surface area contributed by atoms with Crippen LogP contribution in [0.4, 0.5) is 10.5 Å². The lowest BCUT2D eigenvalue weighted by Crippen LogP contribution is -2.34. The van der Waals surface area contributed by atoms with Crippen LogP contribution in [0.3, 0.4) is 0 Å². The van der Waals surface area contributed by atoms with Gasteiger partial charge >= 0.3 is 6.03 Å². The molecule has 0 saturated carbocycles. The van der Waals surface area contributed by atoms with E-state index in [0.29, 0.717) is 16.2 Å². The number of nitrogens with zero attached hydrogens (tertiary/aromatic N) is 2. The van der Waals surface area contributed by atoms with Gasteiger partial charge in [0.05, 0.1) is 22.4 Å². The predicted molar refractivity (Wildman–Crippen MR) is 69.7 cm³/mol. The van der Waals surface area contributed by atoms with Crippen molar-refractivity contribution >= 4 is 46.1 Å². The van der Waals surface area contributed by atoms with E-state index in [1.807, 2.05) is 13.8 Å². The van der Waals surface area contributed by atoms with Crippen molar-refractivity contribution in [3.05, 3.63) is 17.2 Å². The minimum Gasteiger partial charge on any atom is -0.336 e. The topological polar surface area (TPSA) is 66.9 Å². The minimum atomic E-state index is -0.303. The van der Waals surface area contributed by atoms with E-state index in [1.54, 1.807) is 12.1 Å². The van der Waals surface area contributed by atoms with Crippen LogP contribution in [0.25, 0.3) is 11.0 Å². The number of anilines is 1. The van der Waals surface area contributed by atoms with E-state index < -0.39 is 0 Å². The zero-order valence-corrected chi connectivity index (χ0v) is 10.9. The van der Waals surface area contributed by atoms with Gasteiger partial charge < -0.3 is 10.6 Å². The molecule has 17 heavy (non-hydrogen) atoms. The molecule has 0 saturated heterocycles. The molecule has 1 aromatic carbocycles. The summed E-state index contributed by atoms with van der Waals surface area (Å²) in [5.74, 6) is 0. The third-order valence-corrected chi connectivity index (χ3v) is 2.89. The third kappa shape index (κ3) is 2.65. The van der Waals surface area contributed by atoms with Crippen molar-refractivity contribution in [2.45, 2.75) is 19.9 Å².